The normalized spacial score (nSPS) is 24.2. The van der Waals surface area contributed by atoms with E-state index in [1.54, 1.807) is 18.2 Å². The van der Waals surface area contributed by atoms with Crippen molar-refractivity contribution in [3.8, 4) is 6.07 Å². The monoisotopic (exact) mass is 448 g/mol. The second kappa shape index (κ2) is 8.84. The number of carbonyl (C=O) groups is 1. The summed E-state index contributed by atoms with van der Waals surface area (Å²) in [5, 5.41) is 30.6. The van der Waals surface area contributed by atoms with E-state index in [-0.39, 0.29) is 12.6 Å². The summed E-state index contributed by atoms with van der Waals surface area (Å²) in [4.78, 5) is 20.6. The summed E-state index contributed by atoms with van der Waals surface area (Å²) in [7, 11) is 0. The highest BCUT2D eigenvalue weighted by Gasteiger charge is 2.42. The summed E-state index contributed by atoms with van der Waals surface area (Å²) in [5.41, 5.74) is 4.33. The molecular formula is C25H28N4O4. The Morgan fingerprint density at radius 3 is 2.82 bits per heavy atom. The molecule has 2 fully saturated rings. The number of aliphatic hydroxyl groups excluding tert-OH is 2. The molecule has 8 heteroatoms. The third-order valence-corrected chi connectivity index (χ3v) is 7.40. The molecule has 4 atom stereocenters. The van der Waals surface area contributed by atoms with Crippen LogP contribution in [-0.4, -0.2) is 69.7 Å². The molecule has 172 valence electrons. The predicted octanol–water partition coefficient (Wildman–Crippen LogP) is 1.71. The zero-order valence-corrected chi connectivity index (χ0v) is 18.6. The van der Waals surface area contributed by atoms with Gasteiger partial charge in [0.2, 0.25) is 0 Å². The van der Waals surface area contributed by atoms with Gasteiger partial charge in [-0.25, -0.2) is 4.79 Å². The fourth-order valence-electron chi connectivity index (χ4n) is 5.57. The minimum Gasteiger partial charge on any atom is -0.457 e. The SMILES string of the molecule is Cc1c([C@@H](O)CN2CCC3CN(CC(O)c4ccc(C#N)cn4)CC32)ccc2c1COC2=O. The van der Waals surface area contributed by atoms with Crippen molar-refractivity contribution >= 4 is 5.97 Å². The Labute approximate surface area is 193 Å². The topological polar surface area (TPSA) is 110 Å². The summed E-state index contributed by atoms with van der Waals surface area (Å²) >= 11 is 0. The van der Waals surface area contributed by atoms with Crippen molar-refractivity contribution in [1.82, 2.24) is 14.8 Å². The van der Waals surface area contributed by atoms with Crippen LogP contribution < -0.4 is 0 Å². The Morgan fingerprint density at radius 2 is 2.06 bits per heavy atom. The number of cyclic esters (lactones) is 1. The van der Waals surface area contributed by atoms with Gasteiger partial charge >= 0.3 is 5.97 Å². The molecule has 1 aromatic heterocycles. The van der Waals surface area contributed by atoms with E-state index in [4.69, 9.17) is 10.00 Å². The van der Waals surface area contributed by atoms with Gasteiger partial charge in [0.05, 0.1) is 22.9 Å². The molecule has 0 radical (unpaired) electrons. The lowest BCUT2D eigenvalue weighted by Gasteiger charge is -2.28. The van der Waals surface area contributed by atoms with Gasteiger partial charge < -0.3 is 14.9 Å². The molecule has 5 rings (SSSR count). The molecule has 0 saturated carbocycles. The molecule has 2 N–H and O–H groups in total. The van der Waals surface area contributed by atoms with Crippen molar-refractivity contribution in [2.75, 3.05) is 32.7 Å². The van der Waals surface area contributed by atoms with Crippen molar-refractivity contribution in [1.29, 1.82) is 5.26 Å². The number of rotatable bonds is 6. The van der Waals surface area contributed by atoms with Crippen molar-refractivity contribution in [3.05, 3.63) is 64.0 Å². The number of aliphatic hydroxyl groups is 2. The number of pyridine rings is 1. The van der Waals surface area contributed by atoms with Crippen LogP contribution in [0.25, 0.3) is 0 Å². The number of nitrogens with zero attached hydrogens (tertiary/aromatic N) is 4. The summed E-state index contributed by atoms with van der Waals surface area (Å²) in [6.45, 7) is 5.98. The molecule has 3 aliphatic rings. The first kappa shape index (κ1) is 22.0. The van der Waals surface area contributed by atoms with Gasteiger partial charge in [0.15, 0.2) is 0 Å². The smallest absolute Gasteiger partial charge is 0.338 e. The molecule has 8 nitrogen and oxygen atoms in total. The van der Waals surface area contributed by atoms with Crippen molar-refractivity contribution in [3.63, 3.8) is 0 Å². The molecule has 4 heterocycles. The maximum absolute atomic E-state index is 11.8. The molecule has 0 spiro atoms. The molecule has 0 bridgehead atoms. The fourth-order valence-corrected chi connectivity index (χ4v) is 5.57. The van der Waals surface area contributed by atoms with Gasteiger partial charge in [-0.3, -0.25) is 14.8 Å². The second-order valence-electron chi connectivity index (χ2n) is 9.33. The van der Waals surface area contributed by atoms with Crippen LogP contribution in [0.5, 0.6) is 0 Å². The quantitative estimate of drug-likeness (QED) is 0.643. The number of likely N-dealkylation sites (tertiary alicyclic amines) is 2. The number of fused-ring (bicyclic) bond motifs is 2. The van der Waals surface area contributed by atoms with E-state index in [9.17, 15) is 15.0 Å². The Bertz CT molecular complexity index is 1100. The van der Waals surface area contributed by atoms with Crippen molar-refractivity contribution in [2.45, 2.75) is 38.2 Å². The van der Waals surface area contributed by atoms with E-state index in [1.165, 1.54) is 6.20 Å². The summed E-state index contributed by atoms with van der Waals surface area (Å²) in [6, 6.07) is 9.39. The van der Waals surface area contributed by atoms with Gasteiger partial charge in [-0.15, -0.1) is 0 Å². The second-order valence-corrected chi connectivity index (χ2v) is 9.33. The number of carbonyl (C=O) groups excluding carboxylic acids is 1. The lowest BCUT2D eigenvalue weighted by atomic mass is 9.95. The highest BCUT2D eigenvalue weighted by Crippen LogP contribution is 2.35. The molecular weight excluding hydrogens is 420 g/mol. The van der Waals surface area contributed by atoms with Crippen LogP contribution in [0.4, 0.5) is 0 Å². The number of aromatic nitrogens is 1. The molecule has 3 unspecified atom stereocenters. The van der Waals surface area contributed by atoms with Crippen LogP contribution in [0, 0.1) is 24.2 Å². The Kier molecular flexibility index (Phi) is 5.89. The summed E-state index contributed by atoms with van der Waals surface area (Å²) in [5.74, 6) is 0.228. The number of ether oxygens (including phenoxy) is 1. The number of hydrogen-bond donors (Lipinski definition) is 2. The van der Waals surface area contributed by atoms with Gasteiger partial charge in [0.25, 0.3) is 0 Å². The molecule has 3 aliphatic heterocycles. The number of esters is 1. The number of benzene rings is 1. The first-order valence-corrected chi connectivity index (χ1v) is 11.4. The third-order valence-electron chi connectivity index (χ3n) is 7.40. The van der Waals surface area contributed by atoms with Gasteiger partial charge in [0, 0.05) is 44.0 Å². The van der Waals surface area contributed by atoms with E-state index in [2.05, 4.69) is 14.8 Å². The van der Waals surface area contributed by atoms with E-state index in [1.807, 2.05) is 19.1 Å². The predicted molar refractivity (Wildman–Crippen MR) is 119 cm³/mol. The minimum atomic E-state index is -0.699. The van der Waals surface area contributed by atoms with E-state index >= 15 is 0 Å². The van der Waals surface area contributed by atoms with Crippen LogP contribution in [0.3, 0.4) is 0 Å². The zero-order chi connectivity index (χ0) is 23.1. The first-order chi connectivity index (χ1) is 15.9. The molecule has 33 heavy (non-hydrogen) atoms. The lowest BCUT2D eigenvalue weighted by Crippen LogP contribution is -2.38. The average Bonchev–Trinajstić information content (AvgIpc) is 3.50. The van der Waals surface area contributed by atoms with Crippen LogP contribution in [0.1, 0.15) is 56.9 Å². The number of hydrogen-bond acceptors (Lipinski definition) is 8. The van der Waals surface area contributed by atoms with E-state index in [0.717, 1.165) is 42.7 Å². The molecule has 0 amide bonds. The Balaban J connectivity index is 1.21. The standard InChI is InChI=1S/C25H28N4O4/c1-15-18(3-4-19-20(15)14-33-25(19)32)23(30)13-29-7-6-17-10-28(11-22(17)29)12-24(31)21-5-2-16(8-26)9-27-21/h2-5,9,17,22-24,30-31H,6-7,10-14H2,1H3/t17?,22?,23-,24?/m0/s1. The van der Waals surface area contributed by atoms with Gasteiger partial charge in [-0.05, 0) is 55.1 Å². The molecule has 0 aliphatic carbocycles. The van der Waals surface area contributed by atoms with Gasteiger partial charge in [-0.1, -0.05) is 6.07 Å². The van der Waals surface area contributed by atoms with Crippen LogP contribution in [-0.2, 0) is 11.3 Å². The maximum atomic E-state index is 11.8. The van der Waals surface area contributed by atoms with Crippen LogP contribution in [0.15, 0.2) is 30.5 Å². The largest absolute Gasteiger partial charge is 0.457 e. The van der Waals surface area contributed by atoms with E-state index < -0.39 is 12.2 Å². The minimum absolute atomic E-state index is 0.278. The maximum Gasteiger partial charge on any atom is 0.338 e. The van der Waals surface area contributed by atoms with Crippen molar-refractivity contribution < 1.29 is 19.7 Å². The van der Waals surface area contributed by atoms with Crippen LogP contribution in [0.2, 0.25) is 0 Å². The molecule has 1 aromatic carbocycles. The first-order valence-electron chi connectivity index (χ1n) is 11.4. The number of nitriles is 1. The van der Waals surface area contributed by atoms with Crippen molar-refractivity contribution in [2.24, 2.45) is 5.92 Å². The highest BCUT2D eigenvalue weighted by atomic mass is 16.5. The summed E-state index contributed by atoms with van der Waals surface area (Å²) < 4.78 is 5.14. The average molecular weight is 449 g/mol. The van der Waals surface area contributed by atoms with Gasteiger partial charge in [-0.2, -0.15) is 5.26 Å². The fraction of sp³-hybridized carbons (Fsp3) is 0.480. The number of β-amino-alcohol motifs (C(OH)–C–C–N with tert-alkyl or cyclic N) is 2. The Hall–Kier alpha value is -2.83. The van der Waals surface area contributed by atoms with E-state index in [0.29, 0.717) is 41.9 Å². The summed E-state index contributed by atoms with van der Waals surface area (Å²) in [6.07, 6.45) is 1.23. The molecule has 2 aromatic rings. The zero-order valence-electron chi connectivity index (χ0n) is 18.6. The van der Waals surface area contributed by atoms with Crippen LogP contribution >= 0.6 is 0 Å². The highest BCUT2D eigenvalue weighted by molar-refractivity contribution is 5.93. The Morgan fingerprint density at radius 1 is 1.21 bits per heavy atom. The lowest BCUT2D eigenvalue weighted by molar-refractivity contribution is 0.0535. The van der Waals surface area contributed by atoms with Gasteiger partial charge in [0.1, 0.15) is 18.8 Å². The third kappa shape index (κ3) is 4.13. The molecule has 2 saturated heterocycles.